The van der Waals surface area contributed by atoms with Gasteiger partial charge in [0, 0.05) is 11.1 Å². The highest BCUT2D eigenvalue weighted by atomic mass is 32.2. The molecule has 1 N–H and O–H groups in total. The van der Waals surface area contributed by atoms with E-state index in [1.54, 1.807) is 6.92 Å². The summed E-state index contributed by atoms with van der Waals surface area (Å²) in [5.74, 6) is 0.467. The van der Waals surface area contributed by atoms with Crippen molar-refractivity contribution in [3.05, 3.63) is 78.6 Å². The van der Waals surface area contributed by atoms with E-state index in [4.69, 9.17) is 4.74 Å². The van der Waals surface area contributed by atoms with Crippen molar-refractivity contribution >= 4 is 28.5 Å². The van der Waals surface area contributed by atoms with Gasteiger partial charge in [0.25, 0.3) is 0 Å². The lowest BCUT2D eigenvalue weighted by atomic mass is 10.1. The molecule has 1 aromatic heterocycles. The summed E-state index contributed by atoms with van der Waals surface area (Å²) in [6.07, 6.45) is 0. The average molecular weight is 405 g/mol. The molecule has 29 heavy (non-hydrogen) atoms. The van der Waals surface area contributed by atoms with Crippen LogP contribution in [0.5, 0.6) is 5.75 Å². The number of hydrogen-bond acceptors (Lipinski definition) is 5. The van der Waals surface area contributed by atoms with Gasteiger partial charge in [-0.25, -0.2) is 0 Å². The van der Waals surface area contributed by atoms with Gasteiger partial charge < -0.3 is 9.84 Å². The zero-order chi connectivity index (χ0) is 20.2. The van der Waals surface area contributed by atoms with Crippen molar-refractivity contribution in [1.82, 2.24) is 14.8 Å². The predicted octanol–water partition coefficient (Wildman–Crippen LogP) is 4.56. The summed E-state index contributed by atoms with van der Waals surface area (Å²) in [5.41, 5.74) is 0.856. The Kier molecular flexibility index (Phi) is 5.48. The maximum Gasteiger partial charge on any atom is 0.316 e. The number of ether oxygens (including phenoxy) is 1. The fourth-order valence-electron chi connectivity index (χ4n) is 2.98. The Morgan fingerprint density at radius 1 is 1.03 bits per heavy atom. The van der Waals surface area contributed by atoms with Crippen molar-refractivity contribution < 1.29 is 14.6 Å². The number of rotatable bonds is 7. The molecule has 0 aliphatic carbocycles. The number of hydrogen-bond donors (Lipinski definition) is 1. The third-order valence-corrected chi connectivity index (χ3v) is 5.48. The molecule has 1 atom stereocenters. The topological polar surface area (TPSA) is 77.2 Å². The minimum atomic E-state index is -0.897. The molecule has 0 aliphatic rings. The van der Waals surface area contributed by atoms with E-state index >= 15 is 0 Å². The summed E-state index contributed by atoms with van der Waals surface area (Å²) >= 11 is 1.15. The first-order chi connectivity index (χ1) is 14.1. The molecule has 146 valence electrons. The second-order valence-corrected chi connectivity index (χ2v) is 7.74. The molecule has 0 aliphatic heterocycles. The number of thioether (sulfide) groups is 1. The van der Waals surface area contributed by atoms with E-state index in [-0.39, 0.29) is 6.61 Å². The van der Waals surface area contributed by atoms with Gasteiger partial charge >= 0.3 is 5.97 Å². The normalized spacial score (nSPS) is 12.0. The van der Waals surface area contributed by atoms with Gasteiger partial charge in [-0.2, -0.15) is 0 Å². The van der Waals surface area contributed by atoms with Gasteiger partial charge in [-0.3, -0.25) is 9.36 Å². The zero-order valence-electron chi connectivity index (χ0n) is 15.7. The molecule has 0 bridgehead atoms. The number of carbonyl (C=O) groups is 1. The SMILES string of the molecule is CC(Sc1nnc(COc2cccc3ccccc23)n1-c1ccccc1)C(=O)O. The summed E-state index contributed by atoms with van der Waals surface area (Å²) in [7, 11) is 0. The van der Waals surface area contributed by atoms with Crippen LogP contribution in [0.15, 0.2) is 78.0 Å². The number of aromatic nitrogens is 3. The van der Waals surface area contributed by atoms with Crippen molar-refractivity contribution in [2.75, 3.05) is 0 Å². The summed E-state index contributed by atoms with van der Waals surface area (Å²) in [5, 5.41) is 19.8. The first-order valence-electron chi connectivity index (χ1n) is 9.13. The largest absolute Gasteiger partial charge is 0.485 e. The molecule has 0 saturated heterocycles. The standard InChI is InChI=1S/C22H19N3O3S/c1-15(21(26)27)29-22-24-23-20(25(22)17-10-3-2-4-11-17)14-28-19-13-7-9-16-8-5-6-12-18(16)19/h2-13,15H,14H2,1H3,(H,26,27). The number of carboxylic acids is 1. The van der Waals surface area contributed by atoms with Crippen LogP contribution in [0, 0.1) is 0 Å². The molecule has 1 unspecified atom stereocenters. The maximum absolute atomic E-state index is 11.3. The number of benzene rings is 3. The van der Waals surface area contributed by atoms with E-state index in [0.717, 1.165) is 34.0 Å². The minimum Gasteiger partial charge on any atom is -0.485 e. The minimum absolute atomic E-state index is 0.206. The van der Waals surface area contributed by atoms with Gasteiger partial charge in [-0.05, 0) is 30.5 Å². The Morgan fingerprint density at radius 2 is 1.76 bits per heavy atom. The van der Waals surface area contributed by atoms with Crippen LogP contribution in [-0.4, -0.2) is 31.1 Å². The van der Waals surface area contributed by atoms with Crippen LogP contribution >= 0.6 is 11.8 Å². The van der Waals surface area contributed by atoms with E-state index < -0.39 is 11.2 Å². The van der Waals surface area contributed by atoms with Crippen LogP contribution in [-0.2, 0) is 11.4 Å². The van der Waals surface area contributed by atoms with Crippen LogP contribution in [0.3, 0.4) is 0 Å². The summed E-state index contributed by atoms with van der Waals surface area (Å²) < 4.78 is 7.93. The van der Waals surface area contributed by atoms with E-state index in [2.05, 4.69) is 10.2 Å². The molecule has 0 saturated carbocycles. The molecule has 0 amide bonds. The number of fused-ring (bicyclic) bond motifs is 1. The van der Waals surface area contributed by atoms with Gasteiger partial charge in [0.1, 0.15) is 17.6 Å². The fraction of sp³-hybridized carbons (Fsp3) is 0.136. The van der Waals surface area contributed by atoms with Gasteiger partial charge in [-0.1, -0.05) is 66.4 Å². The number of aliphatic carboxylic acids is 1. The van der Waals surface area contributed by atoms with Crippen molar-refractivity contribution in [1.29, 1.82) is 0 Å². The zero-order valence-corrected chi connectivity index (χ0v) is 16.5. The number of para-hydroxylation sites is 1. The van der Waals surface area contributed by atoms with Crippen LogP contribution in [0.4, 0.5) is 0 Å². The molecule has 0 radical (unpaired) electrons. The molecule has 0 spiro atoms. The van der Waals surface area contributed by atoms with E-state index in [1.165, 1.54) is 0 Å². The second kappa shape index (κ2) is 8.36. The van der Waals surface area contributed by atoms with Gasteiger partial charge in [-0.15, -0.1) is 10.2 Å². The molecule has 4 aromatic rings. The van der Waals surface area contributed by atoms with Gasteiger partial charge in [0.05, 0.1) is 0 Å². The lowest BCUT2D eigenvalue weighted by molar-refractivity contribution is -0.136. The van der Waals surface area contributed by atoms with Crippen molar-refractivity contribution in [2.45, 2.75) is 23.9 Å². The van der Waals surface area contributed by atoms with Crippen LogP contribution in [0.2, 0.25) is 0 Å². The quantitative estimate of drug-likeness (QED) is 0.454. The maximum atomic E-state index is 11.3. The van der Waals surface area contributed by atoms with E-state index in [9.17, 15) is 9.90 Å². The Labute approximate surface area is 172 Å². The Morgan fingerprint density at radius 3 is 2.55 bits per heavy atom. The second-order valence-electron chi connectivity index (χ2n) is 6.43. The van der Waals surface area contributed by atoms with E-state index in [0.29, 0.717) is 11.0 Å². The van der Waals surface area contributed by atoms with Crippen LogP contribution in [0.1, 0.15) is 12.7 Å². The van der Waals surface area contributed by atoms with Gasteiger partial charge in [0.2, 0.25) is 0 Å². The van der Waals surface area contributed by atoms with Crippen LogP contribution in [0.25, 0.3) is 16.5 Å². The highest BCUT2D eigenvalue weighted by Gasteiger charge is 2.21. The lowest BCUT2D eigenvalue weighted by Gasteiger charge is -2.13. The molecule has 3 aromatic carbocycles. The fourth-order valence-corrected chi connectivity index (χ4v) is 3.80. The third kappa shape index (κ3) is 4.09. The van der Waals surface area contributed by atoms with E-state index in [1.807, 2.05) is 77.4 Å². The van der Waals surface area contributed by atoms with Crippen molar-refractivity contribution in [3.8, 4) is 11.4 Å². The van der Waals surface area contributed by atoms with Gasteiger partial charge in [0.15, 0.2) is 11.0 Å². The lowest BCUT2D eigenvalue weighted by Crippen LogP contribution is -2.13. The monoisotopic (exact) mass is 405 g/mol. The Balaban J connectivity index is 1.66. The summed E-state index contributed by atoms with van der Waals surface area (Å²) in [6.45, 7) is 1.83. The highest BCUT2D eigenvalue weighted by Crippen LogP contribution is 2.28. The van der Waals surface area contributed by atoms with Crippen LogP contribution < -0.4 is 4.74 Å². The molecular formula is C22H19N3O3S. The third-order valence-electron chi connectivity index (χ3n) is 4.45. The molecule has 4 rings (SSSR count). The van der Waals surface area contributed by atoms with Crippen molar-refractivity contribution in [2.24, 2.45) is 0 Å². The number of carboxylic acid groups (broad SMARTS) is 1. The Hall–Kier alpha value is -3.32. The summed E-state index contributed by atoms with van der Waals surface area (Å²) in [4.78, 5) is 11.3. The first kappa shape index (κ1) is 19.0. The molecule has 6 nitrogen and oxygen atoms in total. The average Bonchev–Trinajstić information content (AvgIpc) is 3.15. The number of nitrogens with zero attached hydrogens (tertiary/aromatic N) is 3. The molecule has 0 fully saturated rings. The highest BCUT2D eigenvalue weighted by molar-refractivity contribution is 8.00. The molecular weight excluding hydrogens is 386 g/mol. The molecule has 7 heteroatoms. The Bertz CT molecular complexity index is 1140. The molecule has 1 heterocycles. The first-order valence-corrected chi connectivity index (χ1v) is 10.0. The summed E-state index contributed by atoms with van der Waals surface area (Å²) in [6, 6.07) is 23.6. The smallest absolute Gasteiger partial charge is 0.316 e. The predicted molar refractivity (Wildman–Crippen MR) is 113 cm³/mol. The van der Waals surface area contributed by atoms with Crippen molar-refractivity contribution in [3.63, 3.8) is 0 Å².